The highest BCUT2D eigenvalue weighted by molar-refractivity contribution is 5.81. The van der Waals surface area contributed by atoms with Gasteiger partial charge < -0.3 is 14.4 Å². The molecule has 1 heterocycles. The first-order chi connectivity index (χ1) is 12.9. The molecule has 0 aromatic heterocycles. The fourth-order valence-corrected chi connectivity index (χ4v) is 2.89. The van der Waals surface area contributed by atoms with Gasteiger partial charge in [-0.1, -0.05) is 60.7 Å². The Hall–Kier alpha value is -2.38. The Morgan fingerprint density at radius 3 is 2.19 bits per heavy atom. The summed E-state index contributed by atoms with van der Waals surface area (Å²) >= 11 is 0. The van der Waals surface area contributed by atoms with Crippen LogP contribution in [0.3, 0.4) is 0 Å². The molecule has 1 fully saturated rings. The van der Waals surface area contributed by atoms with Crippen molar-refractivity contribution in [2.24, 2.45) is 0 Å². The van der Waals surface area contributed by atoms with Crippen LogP contribution in [0.2, 0.25) is 0 Å². The molecule has 1 aliphatic heterocycles. The van der Waals surface area contributed by atoms with Crippen LogP contribution in [0.5, 0.6) is 0 Å². The van der Waals surface area contributed by atoms with Crippen LogP contribution in [0.4, 0.5) is 13.2 Å². The van der Waals surface area contributed by atoms with Crippen LogP contribution in [-0.4, -0.2) is 42.3 Å². The molecule has 2 aromatic rings. The van der Waals surface area contributed by atoms with Crippen molar-refractivity contribution in [1.82, 2.24) is 4.90 Å². The number of alkyl halides is 3. The Labute approximate surface area is 155 Å². The Morgan fingerprint density at radius 1 is 1.00 bits per heavy atom. The van der Waals surface area contributed by atoms with E-state index in [0.717, 1.165) is 11.1 Å². The van der Waals surface area contributed by atoms with Crippen molar-refractivity contribution in [1.29, 1.82) is 0 Å². The summed E-state index contributed by atoms with van der Waals surface area (Å²) in [6.45, 7) is -0.452. The van der Waals surface area contributed by atoms with E-state index in [2.05, 4.69) is 0 Å². The molecule has 0 bridgehead atoms. The summed E-state index contributed by atoms with van der Waals surface area (Å²) in [6, 6.07) is 18.1. The molecule has 27 heavy (non-hydrogen) atoms. The highest BCUT2D eigenvalue weighted by atomic mass is 19.4. The molecule has 0 radical (unpaired) electrons. The standard InChI is InChI=1S/C20H20F3NO3/c21-20(22,23)18-12-24(11-15-7-3-1-4-8-15)19(25)17(27-18)14-26-13-16-9-5-2-6-10-16/h1-10,17-18H,11-14H2. The largest absolute Gasteiger partial charge is 0.416 e. The highest BCUT2D eigenvalue weighted by Crippen LogP contribution is 2.29. The van der Waals surface area contributed by atoms with Gasteiger partial charge in [0, 0.05) is 6.54 Å². The Bertz CT molecular complexity index is 737. The zero-order valence-electron chi connectivity index (χ0n) is 14.6. The summed E-state index contributed by atoms with van der Waals surface area (Å²) in [5.41, 5.74) is 1.63. The lowest BCUT2D eigenvalue weighted by molar-refractivity contribution is -0.254. The van der Waals surface area contributed by atoms with Crippen molar-refractivity contribution >= 4 is 5.91 Å². The van der Waals surface area contributed by atoms with Gasteiger partial charge in [-0.3, -0.25) is 4.79 Å². The number of carbonyl (C=O) groups is 1. The number of rotatable bonds is 6. The van der Waals surface area contributed by atoms with Crippen LogP contribution in [-0.2, 0) is 27.4 Å². The number of nitrogens with zero attached hydrogens (tertiary/aromatic N) is 1. The quantitative estimate of drug-likeness (QED) is 0.770. The monoisotopic (exact) mass is 379 g/mol. The van der Waals surface area contributed by atoms with Crippen LogP contribution < -0.4 is 0 Å². The first kappa shape index (κ1) is 19.4. The van der Waals surface area contributed by atoms with E-state index in [1.165, 1.54) is 4.90 Å². The molecule has 1 aliphatic rings. The van der Waals surface area contributed by atoms with Crippen molar-refractivity contribution in [3.63, 3.8) is 0 Å². The van der Waals surface area contributed by atoms with Crippen molar-refractivity contribution < 1.29 is 27.4 Å². The number of hydrogen-bond donors (Lipinski definition) is 0. The lowest BCUT2D eigenvalue weighted by Gasteiger charge is -2.38. The van der Waals surface area contributed by atoms with Gasteiger partial charge in [0.15, 0.2) is 12.2 Å². The average molecular weight is 379 g/mol. The molecule has 0 spiro atoms. The SMILES string of the molecule is O=C1C(COCc2ccccc2)OC(C(F)(F)F)CN1Cc1ccccc1. The van der Waals surface area contributed by atoms with Crippen LogP contribution >= 0.6 is 0 Å². The van der Waals surface area contributed by atoms with Gasteiger partial charge in [0.2, 0.25) is 0 Å². The molecule has 0 N–H and O–H groups in total. The van der Waals surface area contributed by atoms with Gasteiger partial charge in [0.25, 0.3) is 5.91 Å². The Balaban J connectivity index is 1.66. The predicted octanol–water partition coefficient (Wildman–Crippen LogP) is 3.56. The summed E-state index contributed by atoms with van der Waals surface area (Å²) < 4.78 is 50.2. The molecule has 3 rings (SSSR count). The average Bonchev–Trinajstić information content (AvgIpc) is 2.65. The molecule has 2 atom stereocenters. The van der Waals surface area contributed by atoms with Crippen LogP contribution in [0, 0.1) is 0 Å². The minimum Gasteiger partial charge on any atom is -0.374 e. The summed E-state index contributed by atoms with van der Waals surface area (Å²) in [7, 11) is 0. The van der Waals surface area contributed by atoms with Crippen LogP contribution in [0.25, 0.3) is 0 Å². The van der Waals surface area contributed by atoms with Crippen LogP contribution in [0.15, 0.2) is 60.7 Å². The van der Waals surface area contributed by atoms with Crippen molar-refractivity contribution in [2.45, 2.75) is 31.5 Å². The van der Waals surface area contributed by atoms with Crippen molar-refractivity contribution in [2.75, 3.05) is 13.2 Å². The molecule has 144 valence electrons. The number of morpholine rings is 1. The summed E-state index contributed by atoms with van der Waals surface area (Å²) in [5.74, 6) is -0.493. The molecular weight excluding hydrogens is 359 g/mol. The maximum Gasteiger partial charge on any atom is 0.416 e. The maximum absolute atomic E-state index is 13.2. The van der Waals surface area contributed by atoms with Crippen LogP contribution in [0.1, 0.15) is 11.1 Å². The van der Waals surface area contributed by atoms with Crippen molar-refractivity contribution in [3.8, 4) is 0 Å². The second-order valence-electron chi connectivity index (χ2n) is 6.36. The van der Waals surface area contributed by atoms with E-state index in [4.69, 9.17) is 9.47 Å². The van der Waals surface area contributed by atoms with Gasteiger partial charge >= 0.3 is 6.18 Å². The van der Waals surface area contributed by atoms with Gasteiger partial charge in [-0.25, -0.2) is 0 Å². The molecular formula is C20H20F3NO3. The Kier molecular flexibility index (Phi) is 6.13. The van der Waals surface area contributed by atoms with Crippen molar-refractivity contribution in [3.05, 3.63) is 71.8 Å². The third-order valence-electron chi connectivity index (χ3n) is 4.26. The second kappa shape index (κ2) is 8.54. The summed E-state index contributed by atoms with van der Waals surface area (Å²) in [4.78, 5) is 13.8. The molecule has 2 unspecified atom stereocenters. The third kappa shape index (κ3) is 5.30. The van der Waals surface area contributed by atoms with E-state index in [1.54, 1.807) is 24.3 Å². The molecule has 4 nitrogen and oxygen atoms in total. The first-order valence-corrected chi connectivity index (χ1v) is 8.60. The number of carbonyl (C=O) groups excluding carboxylic acids is 1. The first-order valence-electron chi connectivity index (χ1n) is 8.60. The molecule has 7 heteroatoms. The fourth-order valence-electron chi connectivity index (χ4n) is 2.89. The maximum atomic E-state index is 13.2. The number of hydrogen-bond acceptors (Lipinski definition) is 3. The number of benzene rings is 2. The lowest BCUT2D eigenvalue weighted by atomic mass is 10.1. The zero-order chi connectivity index (χ0) is 19.3. The molecule has 1 amide bonds. The second-order valence-corrected chi connectivity index (χ2v) is 6.36. The molecule has 2 aromatic carbocycles. The minimum absolute atomic E-state index is 0.102. The summed E-state index contributed by atoms with van der Waals surface area (Å²) in [6.07, 6.45) is -7.85. The van der Waals surface area contributed by atoms with Gasteiger partial charge in [0.05, 0.1) is 19.8 Å². The molecule has 1 saturated heterocycles. The number of amides is 1. The summed E-state index contributed by atoms with van der Waals surface area (Å²) in [5, 5.41) is 0. The van der Waals surface area contributed by atoms with E-state index in [9.17, 15) is 18.0 Å². The number of ether oxygens (including phenoxy) is 2. The molecule has 0 saturated carbocycles. The highest BCUT2D eigenvalue weighted by Gasteiger charge is 2.48. The van der Waals surface area contributed by atoms with Gasteiger partial charge in [-0.2, -0.15) is 13.2 Å². The smallest absolute Gasteiger partial charge is 0.374 e. The lowest BCUT2D eigenvalue weighted by Crippen LogP contribution is -2.57. The fraction of sp³-hybridized carbons (Fsp3) is 0.350. The third-order valence-corrected chi connectivity index (χ3v) is 4.26. The zero-order valence-corrected chi connectivity index (χ0v) is 14.6. The van der Waals surface area contributed by atoms with Gasteiger partial charge in [-0.05, 0) is 11.1 Å². The molecule has 0 aliphatic carbocycles. The van der Waals surface area contributed by atoms with E-state index in [0.29, 0.717) is 0 Å². The topological polar surface area (TPSA) is 38.8 Å². The van der Waals surface area contributed by atoms with Gasteiger partial charge in [0.1, 0.15) is 0 Å². The number of halogens is 3. The van der Waals surface area contributed by atoms with E-state index in [1.807, 2.05) is 36.4 Å². The Morgan fingerprint density at radius 2 is 1.59 bits per heavy atom. The van der Waals surface area contributed by atoms with E-state index in [-0.39, 0.29) is 19.8 Å². The normalized spacial score (nSPS) is 20.7. The van der Waals surface area contributed by atoms with E-state index < -0.39 is 30.8 Å². The van der Waals surface area contributed by atoms with Gasteiger partial charge in [-0.15, -0.1) is 0 Å². The predicted molar refractivity (Wildman–Crippen MR) is 92.7 cm³/mol. The minimum atomic E-state index is -4.55. The van der Waals surface area contributed by atoms with E-state index >= 15 is 0 Å².